The summed E-state index contributed by atoms with van der Waals surface area (Å²) < 4.78 is 7.32. The van der Waals surface area contributed by atoms with Crippen LogP contribution in [0.4, 0.5) is 0 Å². The van der Waals surface area contributed by atoms with Gasteiger partial charge in [-0.15, -0.1) is 0 Å². The van der Waals surface area contributed by atoms with E-state index in [1.807, 2.05) is 30.3 Å². The predicted octanol–water partition coefficient (Wildman–Crippen LogP) is 2.32. The molecule has 0 saturated carbocycles. The van der Waals surface area contributed by atoms with E-state index in [1.165, 1.54) is 11.8 Å². The van der Waals surface area contributed by atoms with Crippen LogP contribution in [0.2, 0.25) is 0 Å². The van der Waals surface area contributed by atoms with E-state index in [0.29, 0.717) is 24.9 Å². The Kier molecular flexibility index (Phi) is 6.74. The number of benzene rings is 2. The largest absolute Gasteiger partial charge is 0.376 e. The summed E-state index contributed by atoms with van der Waals surface area (Å²) in [6, 6.07) is 15.7. The quantitative estimate of drug-likeness (QED) is 0.635. The number of rotatable bonds is 7. The fraction of sp³-hybridized carbons (Fsp3) is 0.375. The van der Waals surface area contributed by atoms with Crippen molar-refractivity contribution in [3.05, 3.63) is 76.1 Å². The van der Waals surface area contributed by atoms with Crippen LogP contribution in [0.25, 0.3) is 10.9 Å². The van der Waals surface area contributed by atoms with Crippen molar-refractivity contribution >= 4 is 16.8 Å². The molecular weight excluding hydrogens is 392 g/mol. The third kappa shape index (κ3) is 5.57. The van der Waals surface area contributed by atoms with Gasteiger partial charge in [0.05, 0.1) is 31.0 Å². The van der Waals surface area contributed by atoms with Crippen LogP contribution in [0.3, 0.4) is 0 Å². The predicted molar refractivity (Wildman–Crippen MR) is 120 cm³/mol. The van der Waals surface area contributed by atoms with Crippen LogP contribution in [0, 0.1) is 0 Å². The second kappa shape index (κ2) is 9.85. The van der Waals surface area contributed by atoms with Gasteiger partial charge < -0.3 is 10.1 Å². The van der Waals surface area contributed by atoms with Crippen LogP contribution < -0.4 is 10.7 Å². The van der Waals surface area contributed by atoms with Gasteiger partial charge >= 0.3 is 0 Å². The van der Waals surface area contributed by atoms with Crippen molar-refractivity contribution in [3.63, 3.8) is 0 Å². The highest BCUT2D eigenvalue weighted by atomic mass is 16.5. The Morgan fingerprint density at radius 2 is 2.03 bits per heavy atom. The lowest BCUT2D eigenvalue weighted by Crippen LogP contribution is -2.40. The van der Waals surface area contributed by atoms with Crippen LogP contribution in [-0.2, 0) is 29.2 Å². The van der Waals surface area contributed by atoms with Crippen LogP contribution >= 0.6 is 0 Å². The lowest BCUT2D eigenvalue weighted by Gasteiger charge is -2.31. The number of amides is 1. The Morgan fingerprint density at radius 1 is 1.19 bits per heavy atom. The Hall–Kier alpha value is -3.03. The molecule has 1 aliphatic rings. The number of carbonyl (C=O) groups excluding carboxylic acids is 1. The molecule has 0 bridgehead atoms. The van der Waals surface area contributed by atoms with Crippen molar-refractivity contribution < 1.29 is 9.53 Å². The summed E-state index contributed by atoms with van der Waals surface area (Å²) in [6.07, 6.45) is 1.87. The van der Waals surface area contributed by atoms with Gasteiger partial charge in [0.25, 0.3) is 0 Å². The maximum atomic E-state index is 12.4. The van der Waals surface area contributed by atoms with Crippen LogP contribution in [-0.4, -0.2) is 46.4 Å². The van der Waals surface area contributed by atoms with E-state index in [9.17, 15) is 9.59 Å². The molecular formula is C24H28N4O3. The van der Waals surface area contributed by atoms with Gasteiger partial charge in [-0.25, -0.2) is 0 Å². The summed E-state index contributed by atoms with van der Waals surface area (Å²) in [6.45, 7) is 6.56. The third-order valence-electron chi connectivity index (χ3n) is 5.53. The van der Waals surface area contributed by atoms with Crippen molar-refractivity contribution in [2.24, 2.45) is 0 Å². The Morgan fingerprint density at radius 3 is 2.90 bits per heavy atom. The number of morpholine rings is 1. The van der Waals surface area contributed by atoms with E-state index in [0.717, 1.165) is 37.3 Å². The average molecular weight is 421 g/mol. The molecule has 1 aromatic heterocycles. The Balaban J connectivity index is 1.30. The molecule has 1 atom stereocenters. The van der Waals surface area contributed by atoms with E-state index >= 15 is 0 Å². The Labute approximate surface area is 181 Å². The van der Waals surface area contributed by atoms with Gasteiger partial charge in [-0.2, -0.15) is 5.10 Å². The van der Waals surface area contributed by atoms with Gasteiger partial charge in [0.15, 0.2) is 0 Å². The maximum Gasteiger partial charge on any atom is 0.222 e. The number of hydrogen-bond acceptors (Lipinski definition) is 5. The molecule has 0 radical (unpaired) electrons. The van der Waals surface area contributed by atoms with Crippen molar-refractivity contribution in [2.75, 3.05) is 19.7 Å². The molecule has 1 unspecified atom stereocenters. The first-order valence-electron chi connectivity index (χ1n) is 10.7. The highest BCUT2D eigenvalue weighted by molar-refractivity contribution is 5.79. The smallest absolute Gasteiger partial charge is 0.222 e. The summed E-state index contributed by atoms with van der Waals surface area (Å²) >= 11 is 0. The second-order valence-corrected chi connectivity index (χ2v) is 8.01. The van der Waals surface area contributed by atoms with E-state index in [4.69, 9.17) is 4.74 Å². The molecule has 1 fully saturated rings. The second-order valence-electron chi connectivity index (χ2n) is 8.01. The van der Waals surface area contributed by atoms with Crippen LogP contribution in [0.5, 0.6) is 0 Å². The number of ether oxygens (including phenoxy) is 1. The van der Waals surface area contributed by atoms with Gasteiger partial charge in [0.2, 0.25) is 11.3 Å². The van der Waals surface area contributed by atoms with Gasteiger partial charge in [0, 0.05) is 38.0 Å². The van der Waals surface area contributed by atoms with Crippen molar-refractivity contribution in [3.8, 4) is 0 Å². The topological polar surface area (TPSA) is 76.5 Å². The van der Waals surface area contributed by atoms with E-state index < -0.39 is 0 Å². The van der Waals surface area contributed by atoms with E-state index in [2.05, 4.69) is 34.4 Å². The standard InChI is InChI=1S/C24H28N4O3/c1-18-16-27(11-12-31-18)17-20-6-4-5-19(13-20)14-25-24(30)9-10-28-22-8-3-2-7-21(22)23(29)15-26-28/h2-8,13,15,18H,9-12,14,16-17H2,1H3,(H,25,30). The zero-order chi connectivity index (χ0) is 21.6. The van der Waals surface area contributed by atoms with Crippen LogP contribution in [0.15, 0.2) is 59.5 Å². The zero-order valence-electron chi connectivity index (χ0n) is 17.8. The molecule has 1 aliphatic heterocycles. The van der Waals surface area contributed by atoms with Crippen molar-refractivity contribution in [1.29, 1.82) is 0 Å². The van der Waals surface area contributed by atoms with Crippen LogP contribution in [0.1, 0.15) is 24.5 Å². The summed E-state index contributed by atoms with van der Waals surface area (Å²) in [4.78, 5) is 26.7. The SMILES string of the molecule is CC1CN(Cc2cccc(CNC(=O)CCn3ncc(=O)c4ccccc43)c2)CCO1. The number of para-hydroxylation sites is 1. The van der Waals surface area contributed by atoms with Crippen molar-refractivity contribution in [1.82, 2.24) is 20.0 Å². The summed E-state index contributed by atoms with van der Waals surface area (Å²) in [5, 5.41) is 7.79. The third-order valence-corrected chi connectivity index (χ3v) is 5.53. The molecule has 3 aromatic rings. The Bertz CT molecular complexity index is 1110. The summed E-state index contributed by atoms with van der Waals surface area (Å²) in [5.74, 6) is -0.0445. The lowest BCUT2D eigenvalue weighted by molar-refractivity contribution is -0.121. The molecule has 162 valence electrons. The number of nitrogens with zero attached hydrogens (tertiary/aromatic N) is 3. The minimum absolute atomic E-state index is 0.0445. The number of carbonyl (C=O) groups is 1. The van der Waals surface area contributed by atoms with Gasteiger partial charge in [0.1, 0.15) is 0 Å². The summed E-state index contributed by atoms with van der Waals surface area (Å²) in [7, 11) is 0. The first-order valence-corrected chi connectivity index (χ1v) is 10.7. The number of hydrogen-bond donors (Lipinski definition) is 1. The first-order chi connectivity index (χ1) is 15.1. The first kappa shape index (κ1) is 21.2. The summed E-state index contributed by atoms with van der Waals surface area (Å²) in [5.41, 5.74) is 2.96. The average Bonchev–Trinajstić information content (AvgIpc) is 2.78. The molecule has 2 heterocycles. The molecule has 0 spiro atoms. The fourth-order valence-corrected chi connectivity index (χ4v) is 3.97. The zero-order valence-corrected chi connectivity index (χ0v) is 17.8. The minimum atomic E-state index is -0.109. The highest BCUT2D eigenvalue weighted by Crippen LogP contribution is 2.12. The molecule has 1 N–H and O–H groups in total. The maximum absolute atomic E-state index is 12.4. The van der Waals surface area contributed by atoms with Crippen molar-refractivity contribution in [2.45, 2.75) is 39.1 Å². The van der Waals surface area contributed by atoms with Gasteiger partial charge in [-0.1, -0.05) is 36.4 Å². The van der Waals surface area contributed by atoms with Gasteiger partial charge in [-0.05, 0) is 30.2 Å². The normalized spacial score (nSPS) is 17.0. The van der Waals surface area contributed by atoms with E-state index in [-0.39, 0.29) is 17.4 Å². The monoisotopic (exact) mass is 420 g/mol. The number of nitrogens with one attached hydrogen (secondary N) is 1. The lowest BCUT2D eigenvalue weighted by atomic mass is 10.1. The molecule has 1 saturated heterocycles. The van der Waals surface area contributed by atoms with Gasteiger partial charge in [-0.3, -0.25) is 19.2 Å². The molecule has 2 aromatic carbocycles. The molecule has 7 nitrogen and oxygen atoms in total. The molecule has 1 amide bonds. The number of aryl methyl sites for hydroxylation is 1. The fourth-order valence-electron chi connectivity index (χ4n) is 3.97. The molecule has 7 heteroatoms. The molecule has 0 aliphatic carbocycles. The number of fused-ring (bicyclic) bond motifs is 1. The molecule has 4 rings (SSSR count). The highest BCUT2D eigenvalue weighted by Gasteiger charge is 2.16. The number of aromatic nitrogens is 2. The molecule has 31 heavy (non-hydrogen) atoms. The van der Waals surface area contributed by atoms with E-state index in [1.54, 1.807) is 10.7 Å². The minimum Gasteiger partial charge on any atom is -0.376 e.